The maximum absolute atomic E-state index is 12.0. The summed E-state index contributed by atoms with van der Waals surface area (Å²) in [7, 11) is 0. The van der Waals surface area contributed by atoms with Gasteiger partial charge in [-0.1, -0.05) is 11.6 Å². The van der Waals surface area contributed by atoms with E-state index in [2.05, 4.69) is 42.6 Å². The van der Waals surface area contributed by atoms with Gasteiger partial charge in [-0.25, -0.2) is 15.0 Å². The van der Waals surface area contributed by atoms with E-state index in [0.717, 1.165) is 49.8 Å². The van der Waals surface area contributed by atoms with Crippen LogP contribution in [0.15, 0.2) is 23.7 Å². The van der Waals surface area contributed by atoms with Crippen molar-refractivity contribution in [1.29, 1.82) is 0 Å². The highest BCUT2D eigenvalue weighted by Crippen LogP contribution is 2.36. The first kappa shape index (κ1) is 21.5. The second-order valence-electron chi connectivity index (χ2n) is 7.79. The predicted molar refractivity (Wildman–Crippen MR) is 125 cm³/mol. The topological polar surface area (TPSA) is 72.7 Å². The van der Waals surface area contributed by atoms with Crippen LogP contribution in [0.5, 0.6) is 0 Å². The standard InChI is InChI=1S/C23H24ClN5OS/c1-11-9-17(24)10-12(2)21(11)29-14(4)13(3)18-19(26-15(5)27-22(18)29)20(28-16(6)30)23-25-7-8-31-23/h7-10,20H,1-6H3,(H,28,30). The molecular weight excluding hydrogens is 430 g/mol. The van der Waals surface area contributed by atoms with E-state index >= 15 is 0 Å². The smallest absolute Gasteiger partial charge is 0.217 e. The molecule has 4 aromatic rings. The normalized spacial score (nSPS) is 12.4. The lowest BCUT2D eigenvalue weighted by Gasteiger charge is -2.18. The Hall–Kier alpha value is -2.77. The maximum Gasteiger partial charge on any atom is 0.217 e. The van der Waals surface area contributed by atoms with Crippen LogP contribution in [0.25, 0.3) is 16.7 Å². The van der Waals surface area contributed by atoms with Gasteiger partial charge in [0.25, 0.3) is 0 Å². The molecule has 1 amide bonds. The second kappa shape index (κ2) is 8.05. The monoisotopic (exact) mass is 453 g/mol. The Labute approximate surface area is 190 Å². The highest BCUT2D eigenvalue weighted by Gasteiger charge is 2.27. The van der Waals surface area contributed by atoms with Crippen LogP contribution in [0.4, 0.5) is 0 Å². The third-order valence-electron chi connectivity index (χ3n) is 5.49. The van der Waals surface area contributed by atoms with Crippen molar-refractivity contribution in [3.05, 3.63) is 67.6 Å². The van der Waals surface area contributed by atoms with Crippen molar-refractivity contribution < 1.29 is 4.79 Å². The van der Waals surface area contributed by atoms with Gasteiger partial charge in [0.05, 0.1) is 11.4 Å². The molecule has 1 N–H and O–H groups in total. The highest BCUT2D eigenvalue weighted by atomic mass is 35.5. The van der Waals surface area contributed by atoms with Gasteiger partial charge in [-0.3, -0.25) is 9.36 Å². The molecule has 0 aliphatic heterocycles. The predicted octanol–water partition coefficient (Wildman–Crippen LogP) is 5.30. The number of hydrogen-bond acceptors (Lipinski definition) is 5. The molecular formula is C23H24ClN5OS. The molecule has 6 nitrogen and oxygen atoms in total. The molecule has 3 heterocycles. The van der Waals surface area contributed by atoms with Gasteiger partial charge in [0, 0.05) is 34.6 Å². The molecule has 0 bridgehead atoms. The van der Waals surface area contributed by atoms with Crippen LogP contribution in [0, 0.1) is 34.6 Å². The molecule has 31 heavy (non-hydrogen) atoms. The first-order valence-electron chi connectivity index (χ1n) is 9.98. The molecule has 0 aliphatic rings. The summed E-state index contributed by atoms with van der Waals surface area (Å²) in [6.07, 6.45) is 1.74. The third-order valence-corrected chi connectivity index (χ3v) is 6.55. The van der Waals surface area contributed by atoms with E-state index in [0.29, 0.717) is 10.8 Å². The van der Waals surface area contributed by atoms with Gasteiger partial charge in [-0.2, -0.15) is 0 Å². The lowest BCUT2D eigenvalue weighted by Crippen LogP contribution is -2.28. The molecule has 0 saturated heterocycles. The van der Waals surface area contributed by atoms with Crippen molar-refractivity contribution >= 4 is 39.9 Å². The van der Waals surface area contributed by atoms with Crippen LogP contribution in [-0.4, -0.2) is 25.4 Å². The number of amides is 1. The van der Waals surface area contributed by atoms with Crippen LogP contribution in [0.1, 0.15) is 51.9 Å². The number of aromatic nitrogens is 4. The number of thiazole rings is 1. The molecule has 0 aliphatic carbocycles. The number of carbonyl (C=O) groups is 1. The van der Waals surface area contributed by atoms with Crippen molar-refractivity contribution in [3.63, 3.8) is 0 Å². The van der Waals surface area contributed by atoms with E-state index in [4.69, 9.17) is 21.6 Å². The number of rotatable bonds is 4. The van der Waals surface area contributed by atoms with Gasteiger partial charge in [-0.15, -0.1) is 11.3 Å². The van der Waals surface area contributed by atoms with Crippen LogP contribution in [0.3, 0.4) is 0 Å². The van der Waals surface area contributed by atoms with Crippen LogP contribution in [-0.2, 0) is 4.79 Å². The van der Waals surface area contributed by atoms with E-state index in [-0.39, 0.29) is 5.91 Å². The van der Waals surface area contributed by atoms with E-state index in [1.54, 1.807) is 6.20 Å². The summed E-state index contributed by atoms with van der Waals surface area (Å²) < 4.78 is 2.18. The summed E-state index contributed by atoms with van der Waals surface area (Å²) in [5.74, 6) is 0.500. The van der Waals surface area contributed by atoms with E-state index < -0.39 is 6.04 Å². The maximum atomic E-state index is 12.0. The quantitative estimate of drug-likeness (QED) is 0.455. The van der Waals surface area contributed by atoms with Crippen molar-refractivity contribution in [2.75, 3.05) is 0 Å². The largest absolute Gasteiger partial charge is 0.342 e. The molecule has 3 aromatic heterocycles. The fourth-order valence-corrected chi connectivity index (χ4v) is 5.19. The lowest BCUT2D eigenvalue weighted by molar-refractivity contribution is -0.119. The minimum absolute atomic E-state index is 0.136. The van der Waals surface area contributed by atoms with Gasteiger partial charge in [0.15, 0.2) is 0 Å². The summed E-state index contributed by atoms with van der Waals surface area (Å²) in [4.78, 5) is 26.1. The summed E-state index contributed by atoms with van der Waals surface area (Å²) in [6, 6.07) is 3.49. The Morgan fingerprint density at radius 3 is 2.39 bits per heavy atom. The van der Waals surface area contributed by atoms with Gasteiger partial charge in [0.2, 0.25) is 5.91 Å². The minimum atomic E-state index is -0.442. The summed E-state index contributed by atoms with van der Waals surface area (Å²) in [5, 5.41) is 7.38. The van der Waals surface area contributed by atoms with Gasteiger partial charge >= 0.3 is 0 Å². The number of carbonyl (C=O) groups excluding carboxylic acids is 1. The summed E-state index contributed by atoms with van der Waals surface area (Å²) >= 11 is 7.78. The number of nitrogens with one attached hydrogen (secondary N) is 1. The summed E-state index contributed by atoms with van der Waals surface area (Å²) in [6.45, 7) is 11.7. The first-order valence-corrected chi connectivity index (χ1v) is 11.2. The highest BCUT2D eigenvalue weighted by molar-refractivity contribution is 7.09. The van der Waals surface area contributed by atoms with Crippen molar-refractivity contribution in [2.45, 2.75) is 47.6 Å². The summed E-state index contributed by atoms with van der Waals surface area (Å²) in [5.41, 5.74) is 6.93. The zero-order chi connectivity index (χ0) is 22.4. The molecule has 160 valence electrons. The second-order valence-corrected chi connectivity index (χ2v) is 9.16. The fraction of sp³-hybridized carbons (Fsp3) is 0.304. The van der Waals surface area contributed by atoms with E-state index in [9.17, 15) is 4.79 Å². The number of aryl methyl sites for hydroxylation is 4. The van der Waals surface area contributed by atoms with E-state index in [1.807, 2.05) is 24.4 Å². The molecule has 1 atom stereocenters. The molecule has 0 radical (unpaired) electrons. The average molecular weight is 454 g/mol. The molecule has 0 saturated carbocycles. The Kier molecular flexibility index (Phi) is 5.58. The van der Waals surface area contributed by atoms with Crippen molar-refractivity contribution in [2.24, 2.45) is 0 Å². The molecule has 0 spiro atoms. The molecule has 0 fully saturated rings. The Bertz CT molecular complexity index is 1290. The minimum Gasteiger partial charge on any atom is -0.342 e. The zero-order valence-corrected chi connectivity index (χ0v) is 19.9. The number of benzene rings is 1. The Morgan fingerprint density at radius 1 is 1.13 bits per heavy atom. The number of halogens is 1. The molecule has 1 unspecified atom stereocenters. The van der Waals surface area contributed by atoms with Crippen LogP contribution >= 0.6 is 22.9 Å². The van der Waals surface area contributed by atoms with Crippen molar-refractivity contribution in [3.8, 4) is 5.69 Å². The molecule has 4 rings (SSSR count). The van der Waals surface area contributed by atoms with E-state index in [1.165, 1.54) is 18.3 Å². The number of hydrogen-bond donors (Lipinski definition) is 1. The molecule has 1 aromatic carbocycles. The average Bonchev–Trinajstić information content (AvgIpc) is 3.28. The molecule has 8 heteroatoms. The van der Waals surface area contributed by atoms with Crippen molar-refractivity contribution in [1.82, 2.24) is 24.8 Å². The lowest BCUT2D eigenvalue weighted by atomic mass is 10.1. The van der Waals surface area contributed by atoms with Crippen LogP contribution in [0.2, 0.25) is 5.02 Å². The van der Waals surface area contributed by atoms with Gasteiger partial charge in [-0.05, 0) is 63.4 Å². The van der Waals surface area contributed by atoms with Crippen LogP contribution < -0.4 is 5.32 Å². The van der Waals surface area contributed by atoms with Gasteiger partial charge < -0.3 is 5.32 Å². The number of nitrogens with zero attached hydrogens (tertiary/aromatic N) is 4. The van der Waals surface area contributed by atoms with Gasteiger partial charge in [0.1, 0.15) is 22.5 Å². The SMILES string of the molecule is CC(=O)NC(c1nccs1)c1nc(C)nc2c1c(C)c(C)n2-c1c(C)cc(Cl)cc1C. The third kappa shape index (κ3) is 3.72. The fourth-order valence-electron chi connectivity index (χ4n) is 4.17. The first-order chi connectivity index (χ1) is 14.7. The number of fused-ring (bicyclic) bond motifs is 1. The Balaban J connectivity index is 2.08. The Morgan fingerprint density at radius 2 is 1.81 bits per heavy atom. The zero-order valence-electron chi connectivity index (χ0n) is 18.4.